The minimum Gasteiger partial charge on any atom is -0.356 e. The van der Waals surface area contributed by atoms with Gasteiger partial charge in [0.05, 0.1) is 0 Å². The van der Waals surface area contributed by atoms with Crippen molar-refractivity contribution in [3.63, 3.8) is 0 Å². The highest BCUT2D eigenvalue weighted by Crippen LogP contribution is 2.29. The first-order valence-electron chi connectivity index (χ1n) is 6.58. The fourth-order valence-corrected chi connectivity index (χ4v) is 2.59. The molecule has 1 aliphatic heterocycles. The average molecular weight is 279 g/mol. The molecule has 0 radical (unpaired) electrons. The number of nitrogens with one attached hydrogen (secondary N) is 1. The summed E-state index contributed by atoms with van der Waals surface area (Å²) in [5, 5.41) is 6.94. The van der Waals surface area contributed by atoms with Crippen molar-refractivity contribution in [2.45, 2.75) is 25.2 Å². The Kier molecular flexibility index (Phi) is 3.58. The van der Waals surface area contributed by atoms with Crippen molar-refractivity contribution in [1.29, 1.82) is 0 Å². The molecule has 1 aliphatic rings. The largest absolute Gasteiger partial charge is 0.356 e. The van der Waals surface area contributed by atoms with E-state index in [2.05, 4.69) is 20.2 Å². The second-order valence-electron chi connectivity index (χ2n) is 4.90. The van der Waals surface area contributed by atoms with Gasteiger partial charge in [-0.1, -0.05) is 0 Å². The van der Waals surface area contributed by atoms with E-state index in [9.17, 15) is 8.78 Å². The molecule has 0 aliphatic carbocycles. The van der Waals surface area contributed by atoms with Crippen LogP contribution in [0.15, 0.2) is 24.7 Å². The molecule has 3 heterocycles. The van der Waals surface area contributed by atoms with E-state index in [0.717, 1.165) is 31.6 Å². The Morgan fingerprint density at radius 1 is 1.35 bits per heavy atom. The third kappa shape index (κ3) is 2.61. The third-order valence-corrected chi connectivity index (χ3v) is 3.60. The van der Waals surface area contributed by atoms with Crippen LogP contribution in [-0.4, -0.2) is 33.3 Å². The number of hydrogen-bond donors (Lipinski definition) is 1. The van der Waals surface area contributed by atoms with E-state index in [1.165, 1.54) is 12.4 Å². The topological polar surface area (TPSA) is 57.7 Å². The van der Waals surface area contributed by atoms with Gasteiger partial charge in [-0.3, -0.25) is 5.10 Å². The molecule has 106 valence electrons. The minimum atomic E-state index is -2.56. The first-order valence-corrected chi connectivity index (χ1v) is 6.58. The van der Waals surface area contributed by atoms with Crippen molar-refractivity contribution in [2.75, 3.05) is 18.0 Å². The van der Waals surface area contributed by atoms with Gasteiger partial charge in [-0.15, -0.1) is 0 Å². The first-order chi connectivity index (χ1) is 9.74. The number of aromatic amines is 1. The number of aromatic nitrogens is 4. The second kappa shape index (κ2) is 5.52. The van der Waals surface area contributed by atoms with Crippen molar-refractivity contribution in [3.05, 3.63) is 36.0 Å². The third-order valence-electron chi connectivity index (χ3n) is 3.60. The maximum atomic E-state index is 12.7. The standard InChI is InChI=1S/C13H15F2N5/c14-13(15)11-6-12(17-8-16-11)20-5-1-2-9(7-20)10-3-4-18-19-10/h3-4,6,8-9,13H,1-2,5,7H2,(H,18,19). The summed E-state index contributed by atoms with van der Waals surface area (Å²) in [7, 11) is 0. The summed E-state index contributed by atoms with van der Waals surface area (Å²) in [5.41, 5.74) is 0.858. The van der Waals surface area contributed by atoms with E-state index < -0.39 is 6.43 Å². The highest BCUT2D eigenvalue weighted by atomic mass is 19.3. The molecule has 1 saturated heterocycles. The van der Waals surface area contributed by atoms with Gasteiger partial charge in [0.15, 0.2) is 0 Å². The molecule has 1 atom stereocenters. The Morgan fingerprint density at radius 2 is 2.25 bits per heavy atom. The Bertz CT molecular complexity index is 558. The predicted molar refractivity (Wildman–Crippen MR) is 69.8 cm³/mol. The normalized spacial score (nSPS) is 19.6. The van der Waals surface area contributed by atoms with Crippen LogP contribution in [0.1, 0.15) is 36.6 Å². The number of H-pyrrole nitrogens is 1. The maximum Gasteiger partial charge on any atom is 0.280 e. The summed E-state index contributed by atoms with van der Waals surface area (Å²) in [4.78, 5) is 9.75. The summed E-state index contributed by atoms with van der Waals surface area (Å²) in [6.45, 7) is 1.58. The van der Waals surface area contributed by atoms with Gasteiger partial charge in [0.25, 0.3) is 6.43 Å². The Morgan fingerprint density at radius 3 is 3.00 bits per heavy atom. The summed E-state index contributed by atoms with van der Waals surface area (Å²) in [5.74, 6) is 0.899. The lowest BCUT2D eigenvalue weighted by Crippen LogP contribution is -2.35. The molecule has 2 aromatic rings. The molecule has 20 heavy (non-hydrogen) atoms. The van der Waals surface area contributed by atoms with Gasteiger partial charge in [0, 0.05) is 37.0 Å². The quantitative estimate of drug-likeness (QED) is 0.938. The lowest BCUT2D eigenvalue weighted by Gasteiger charge is -2.33. The van der Waals surface area contributed by atoms with Crippen molar-refractivity contribution in [2.24, 2.45) is 0 Å². The first kappa shape index (κ1) is 13.0. The number of alkyl halides is 2. The molecule has 2 aromatic heterocycles. The number of hydrogen-bond acceptors (Lipinski definition) is 4. The summed E-state index contributed by atoms with van der Waals surface area (Å²) >= 11 is 0. The monoisotopic (exact) mass is 279 g/mol. The van der Waals surface area contributed by atoms with Crippen molar-refractivity contribution in [3.8, 4) is 0 Å². The molecular formula is C13H15F2N5. The van der Waals surface area contributed by atoms with Gasteiger partial charge in [0.2, 0.25) is 0 Å². The van der Waals surface area contributed by atoms with E-state index in [4.69, 9.17) is 0 Å². The Hall–Kier alpha value is -2.05. The van der Waals surface area contributed by atoms with Gasteiger partial charge in [0.1, 0.15) is 17.8 Å². The molecule has 0 bridgehead atoms. The molecule has 3 rings (SSSR count). The molecule has 5 nitrogen and oxygen atoms in total. The van der Waals surface area contributed by atoms with Crippen molar-refractivity contribution < 1.29 is 8.78 Å². The fourth-order valence-electron chi connectivity index (χ4n) is 2.59. The van der Waals surface area contributed by atoms with Crippen LogP contribution < -0.4 is 4.90 Å². The molecular weight excluding hydrogens is 264 g/mol. The van der Waals surface area contributed by atoms with Crippen LogP contribution in [0.25, 0.3) is 0 Å². The number of halogens is 2. The van der Waals surface area contributed by atoms with E-state index in [1.807, 2.05) is 11.0 Å². The predicted octanol–water partition coefficient (Wildman–Crippen LogP) is 2.52. The molecule has 1 unspecified atom stereocenters. The summed E-state index contributed by atoms with van der Waals surface area (Å²) in [6.07, 6.45) is 2.43. The summed E-state index contributed by atoms with van der Waals surface area (Å²) < 4.78 is 25.4. The van der Waals surface area contributed by atoms with Crippen LogP contribution in [0.4, 0.5) is 14.6 Å². The Labute approximate surface area is 115 Å². The Balaban J connectivity index is 1.78. The molecule has 7 heteroatoms. The molecule has 0 amide bonds. The minimum absolute atomic E-state index is 0.223. The lowest BCUT2D eigenvalue weighted by atomic mass is 9.95. The van der Waals surface area contributed by atoms with Crippen molar-refractivity contribution in [1.82, 2.24) is 20.2 Å². The van der Waals surface area contributed by atoms with Gasteiger partial charge in [-0.2, -0.15) is 5.10 Å². The number of anilines is 1. The van der Waals surface area contributed by atoms with Crippen LogP contribution in [0.3, 0.4) is 0 Å². The smallest absolute Gasteiger partial charge is 0.280 e. The van der Waals surface area contributed by atoms with Crippen LogP contribution in [0.5, 0.6) is 0 Å². The molecule has 0 saturated carbocycles. The zero-order chi connectivity index (χ0) is 13.9. The number of nitrogens with zero attached hydrogens (tertiary/aromatic N) is 4. The van der Waals surface area contributed by atoms with Gasteiger partial charge >= 0.3 is 0 Å². The lowest BCUT2D eigenvalue weighted by molar-refractivity contribution is 0.146. The zero-order valence-corrected chi connectivity index (χ0v) is 10.8. The number of rotatable bonds is 3. The van der Waals surface area contributed by atoms with E-state index in [1.54, 1.807) is 6.20 Å². The fraction of sp³-hybridized carbons (Fsp3) is 0.462. The number of piperidine rings is 1. The van der Waals surface area contributed by atoms with Gasteiger partial charge in [-0.25, -0.2) is 18.7 Å². The molecule has 1 fully saturated rings. The van der Waals surface area contributed by atoms with Crippen molar-refractivity contribution >= 4 is 5.82 Å². The second-order valence-corrected chi connectivity index (χ2v) is 4.90. The molecule has 0 spiro atoms. The van der Waals surface area contributed by atoms with E-state index in [0.29, 0.717) is 11.7 Å². The van der Waals surface area contributed by atoms with Gasteiger partial charge in [-0.05, 0) is 18.9 Å². The van der Waals surface area contributed by atoms with E-state index in [-0.39, 0.29) is 5.69 Å². The molecule has 0 aromatic carbocycles. The molecule has 1 N–H and O–H groups in total. The highest BCUT2D eigenvalue weighted by Gasteiger charge is 2.24. The highest BCUT2D eigenvalue weighted by molar-refractivity contribution is 5.40. The van der Waals surface area contributed by atoms with Crippen LogP contribution in [-0.2, 0) is 0 Å². The van der Waals surface area contributed by atoms with E-state index >= 15 is 0 Å². The summed E-state index contributed by atoms with van der Waals surface area (Å²) in [6, 6.07) is 3.33. The van der Waals surface area contributed by atoms with Crippen LogP contribution in [0.2, 0.25) is 0 Å². The SMILES string of the molecule is FC(F)c1cc(N2CCCC(c3ccn[nH]3)C2)ncn1. The van der Waals surface area contributed by atoms with Crippen LogP contribution >= 0.6 is 0 Å². The average Bonchev–Trinajstić information content (AvgIpc) is 3.02. The zero-order valence-electron chi connectivity index (χ0n) is 10.8. The maximum absolute atomic E-state index is 12.7. The van der Waals surface area contributed by atoms with Gasteiger partial charge < -0.3 is 4.90 Å². The van der Waals surface area contributed by atoms with Crippen LogP contribution in [0, 0.1) is 0 Å².